The van der Waals surface area contributed by atoms with E-state index in [2.05, 4.69) is 25.5 Å². The van der Waals surface area contributed by atoms with Gasteiger partial charge in [0, 0.05) is 6.54 Å². The Bertz CT molecular complexity index is 1380. The van der Waals surface area contributed by atoms with Crippen LogP contribution in [0.5, 0.6) is 0 Å². The molecule has 0 bridgehead atoms. The number of aromatic nitrogens is 6. The molecule has 2 N–H and O–H groups in total. The zero-order valence-corrected chi connectivity index (χ0v) is 15.1. The highest BCUT2D eigenvalue weighted by atomic mass is 16.2. The number of benzene rings is 2. The van der Waals surface area contributed by atoms with Crippen LogP contribution in [0.15, 0.2) is 72.2 Å². The Balaban J connectivity index is 1.38. The molecule has 0 unspecified atom stereocenters. The lowest BCUT2D eigenvalue weighted by atomic mass is 10.2. The molecule has 0 aliphatic rings. The third-order valence-electron chi connectivity index (χ3n) is 4.70. The topological polar surface area (TPSA) is 110 Å². The molecule has 3 aromatic heterocycles. The Hall–Kier alpha value is -4.27. The quantitative estimate of drug-likeness (QED) is 0.489. The smallest absolute Gasteiger partial charge is 0.259 e. The Labute approximate surface area is 163 Å². The lowest BCUT2D eigenvalue weighted by Crippen LogP contribution is -2.23. The van der Waals surface area contributed by atoms with Crippen molar-refractivity contribution in [3.05, 3.63) is 88.9 Å². The van der Waals surface area contributed by atoms with Crippen LogP contribution in [0.4, 0.5) is 0 Å². The molecule has 0 saturated heterocycles. The van der Waals surface area contributed by atoms with Gasteiger partial charge in [0.05, 0.1) is 22.8 Å². The Morgan fingerprint density at radius 1 is 1.07 bits per heavy atom. The Kier molecular flexibility index (Phi) is 3.91. The predicted molar refractivity (Wildman–Crippen MR) is 106 cm³/mol. The lowest BCUT2D eigenvalue weighted by molar-refractivity contribution is 0.0952. The second-order valence-electron chi connectivity index (χ2n) is 6.48. The third kappa shape index (κ3) is 2.94. The van der Waals surface area contributed by atoms with Crippen molar-refractivity contribution >= 4 is 22.5 Å². The van der Waals surface area contributed by atoms with Crippen molar-refractivity contribution in [1.82, 2.24) is 34.7 Å². The van der Waals surface area contributed by atoms with E-state index in [1.165, 1.54) is 12.5 Å². The summed E-state index contributed by atoms with van der Waals surface area (Å²) in [5.41, 5.74) is 2.88. The number of hydrogen-bond acceptors (Lipinski definition) is 5. The van der Waals surface area contributed by atoms with Gasteiger partial charge in [0.15, 0.2) is 0 Å². The SMILES string of the molecule is O=C(NCc1ccc(-n2cncn2)cc1)c1cnn2c1[nH]c(=O)c1ccccc12. The number of H-pyrrole nitrogens is 1. The number of amides is 1. The van der Waals surface area contributed by atoms with Crippen molar-refractivity contribution in [1.29, 1.82) is 0 Å². The second kappa shape index (κ2) is 6.71. The molecule has 5 aromatic rings. The van der Waals surface area contributed by atoms with Crippen LogP contribution in [-0.2, 0) is 6.54 Å². The van der Waals surface area contributed by atoms with Gasteiger partial charge >= 0.3 is 0 Å². The largest absolute Gasteiger partial charge is 0.348 e. The van der Waals surface area contributed by atoms with Crippen molar-refractivity contribution in [3.8, 4) is 5.69 Å². The lowest BCUT2D eigenvalue weighted by Gasteiger charge is -2.06. The van der Waals surface area contributed by atoms with Gasteiger partial charge in [-0.25, -0.2) is 14.2 Å². The number of rotatable bonds is 4. The van der Waals surface area contributed by atoms with Crippen LogP contribution in [0.25, 0.3) is 22.2 Å². The van der Waals surface area contributed by atoms with Crippen molar-refractivity contribution in [3.63, 3.8) is 0 Å². The normalized spacial score (nSPS) is 11.2. The fourth-order valence-corrected chi connectivity index (χ4v) is 3.23. The van der Waals surface area contributed by atoms with E-state index >= 15 is 0 Å². The van der Waals surface area contributed by atoms with Crippen LogP contribution in [0, 0.1) is 0 Å². The highest BCUT2D eigenvalue weighted by Crippen LogP contribution is 2.14. The molecule has 2 aromatic carbocycles. The van der Waals surface area contributed by atoms with E-state index in [0.29, 0.717) is 28.7 Å². The van der Waals surface area contributed by atoms with Gasteiger partial charge in [-0.15, -0.1) is 0 Å². The number of nitrogens with zero attached hydrogens (tertiary/aromatic N) is 5. The van der Waals surface area contributed by atoms with E-state index in [9.17, 15) is 9.59 Å². The summed E-state index contributed by atoms with van der Waals surface area (Å²) in [6.07, 6.45) is 4.55. The summed E-state index contributed by atoms with van der Waals surface area (Å²) in [5.74, 6) is -0.314. The number of fused-ring (bicyclic) bond motifs is 3. The van der Waals surface area contributed by atoms with Crippen molar-refractivity contribution in [2.75, 3.05) is 0 Å². The fraction of sp³-hybridized carbons (Fsp3) is 0.0500. The number of carbonyl (C=O) groups excluding carboxylic acids is 1. The molecule has 142 valence electrons. The third-order valence-corrected chi connectivity index (χ3v) is 4.70. The number of hydrogen-bond donors (Lipinski definition) is 2. The molecular formula is C20H15N7O2. The molecule has 9 nitrogen and oxygen atoms in total. The molecule has 9 heteroatoms. The summed E-state index contributed by atoms with van der Waals surface area (Å²) in [7, 11) is 0. The number of nitrogens with one attached hydrogen (secondary N) is 2. The number of carbonyl (C=O) groups is 1. The monoisotopic (exact) mass is 385 g/mol. The molecule has 0 atom stereocenters. The van der Waals surface area contributed by atoms with Crippen molar-refractivity contribution < 1.29 is 4.79 Å². The summed E-state index contributed by atoms with van der Waals surface area (Å²) in [4.78, 5) is 31.7. The molecule has 3 heterocycles. The van der Waals surface area contributed by atoms with E-state index in [1.54, 1.807) is 33.7 Å². The highest BCUT2D eigenvalue weighted by Gasteiger charge is 2.16. The average molecular weight is 385 g/mol. The maximum atomic E-state index is 12.7. The van der Waals surface area contributed by atoms with Crippen molar-refractivity contribution in [2.45, 2.75) is 6.54 Å². The summed E-state index contributed by atoms with van der Waals surface area (Å²) >= 11 is 0. The molecule has 0 fully saturated rings. The summed E-state index contributed by atoms with van der Waals surface area (Å²) in [6.45, 7) is 0.339. The van der Waals surface area contributed by atoms with Crippen LogP contribution in [0.3, 0.4) is 0 Å². The molecule has 0 spiro atoms. The molecular weight excluding hydrogens is 370 g/mol. The van der Waals surface area contributed by atoms with Crippen molar-refractivity contribution in [2.24, 2.45) is 0 Å². The summed E-state index contributed by atoms with van der Waals surface area (Å²) < 4.78 is 3.22. The van der Waals surface area contributed by atoms with Crippen LogP contribution in [0.2, 0.25) is 0 Å². The Morgan fingerprint density at radius 2 is 1.90 bits per heavy atom. The maximum absolute atomic E-state index is 12.7. The maximum Gasteiger partial charge on any atom is 0.259 e. The molecule has 29 heavy (non-hydrogen) atoms. The number of aromatic amines is 1. The standard InChI is InChI=1S/C20H15N7O2/c28-19(22-9-13-5-7-14(8-6-13)26-12-21-11-24-26)16-10-23-27-17-4-2-1-3-15(17)20(29)25-18(16)27/h1-8,10-12H,9H2,(H,22,28)(H,25,29). The fourth-order valence-electron chi connectivity index (χ4n) is 3.23. The number of para-hydroxylation sites is 1. The first-order chi connectivity index (χ1) is 14.2. The zero-order chi connectivity index (χ0) is 19.8. The first-order valence-corrected chi connectivity index (χ1v) is 8.91. The van der Waals surface area contributed by atoms with E-state index < -0.39 is 0 Å². The predicted octanol–water partition coefficient (Wildman–Crippen LogP) is 1.69. The second-order valence-corrected chi connectivity index (χ2v) is 6.48. The van der Waals surface area contributed by atoms with Crippen LogP contribution >= 0.6 is 0 Å². The summed E-state index contributed by atoms with van der Waals surface area (Å²) in [6, 6.07) is 14.7. The van der Waals surface area contributed by atoms with Gasteiger partial charge in [-0.2, -0.15) is 10.2 Å². The molecule has 0 radical (unpaired) electrons. The van der Waals surface area contributed by atoms with Gasteiger partial charge in [-0.05, 0) is 29.8 Å². The molecule has 5 rings (SSSR count). The highest BCUT2D eigenvalue weighted by molar-refractivity contribution is 6.00. The molecule has 0 saturated carbocycles. The Morgan fingerprint density at radius 3 is 2.69 bits per heavy atom. The van der Waals surface area contributed by atoms with E-state index in [1.807, 2.05) is 30.3 Å². The van der Waals surface area contributed by atoms with E-state index in [4.69, 9.17) is 0 Å². The summed E-state index contributed by atoms with van der Waals surface area (Å²) in [5, 5.41) is 11.7. The molecule has 0 aliphatic carbocycles. The van der Waals surface area contributed by atoms with E-state index in [0.717, 1.165) is 11.3 Å². The van der Waals surface area contributed by atoms with Gasteiger partial charge in [0.1, 0.15) is 23.9 Å². The van der Waals surface area contributed by atoms with Crippen LogP contribution in [-0.4, -0.2) is 35.3 Å². The molecule has 0 aliphatic heterocycles. The first kappa shape index (κ1) is 16.9. The van der Waals surface area contributed by atoms with Crippen LogP contribution in [0.1, 0.15) is 15.9 Å². The van der Waals surface area contributed by atoms with Gasteiger partial charge in [-0.3, -0.25) is 9.59 Å². The first-order valence-electron chi connectivity index (χ1n) is 8.91. The average Bonchev–Trinajstić information content (AvgIpc) is 3.43. The van der Waals surface area contributed by atoms with Gasteiger partial charge in [-0.1, -0.05) is 24.3 Å². The zero-order valence-electron chi connectivity index (χ0n) is 15.1. The minimum atomic E-state index is -0.314. The van der Waals surface area contributed by atoms with Gasteiger partial charge in [0.2, 0.25) is 0 Å². The minimum absolute atomic E-state index is 0.258. The van der Waals surface area contributed by atoms with E-state index in [-0.39, 0.29) is 11.5 Å². The van der Waals surface area contributed by atoms with Gasteiger partial charge < -0.3 is 10.3 Å². The minimum Gasteiger partial charge on any atom is -0.348 e. The van der Waals surface area contributed by atoms with Crippen LogP contribution < -0.4 is 10.9 Å². The van der Waals surface area contributed by atoms with Gasteiger partial charge in [0.25, 0.3) is 11.5 Å². The molecule has 1 amide bonds.